The summed E-state index contributed by atoms with van der Waals surface area (Å²) in [6, 6.07) is 12.1. The monoisotopic (exact) mass is 444 g/mol. The summed E-state index contributed by atoms with van der Waals surface area (Å²) in [5, 5.41) is 5.91. The molecular weight excluding hydrogens is 423 g/mol. The van der Waals surface area contributed by atoms with Gasteiger partial charge in [0.2, 0.25) is 5.78 Å². The zero-order valence-corrected chi connectivity index (χ0v) is 18.1. The number of aryl methyl sites for hydroxylation is 1. The zero-order valence-electron chi connectivity index (χ0n) is 16.6. The molecule has 0 aliphatic carbocycles. The van der Waals surface area contributed by atoms with E-state index in [2.05, 4.69) is 20.6 Å². The van der Waals surface area contributed by atoms with Crippen LogP contribution in [0, 0.1) is 6.92 Å². The lowest BCUT2D eigenvalue weighted by molar-refractivity contribution is 0.103. The number of nitrogens with zero attached hydrogens (tertiary/aromatic N) is 1. The summed E-state index contributed by atoms with van der Waals surface area (Å²) in [6.07, 6.45) is 1.60. The van der Waals surface area contributed by atoms with E-state index in [1.54, 1.807) is 36.5 Å². The van der Waals surface area contributed by atoms with Gasteiger partial charge in [0.15, 0.2) is 0 Å². The first-order valence-electron chi connectivity index (χ1n) is 9.45. The van der Waals surface area contributed by atoms with Crippen molar-refractivity contribution in [2.24, 2.45) is 0 Å². The van der Waals surface area contributed by atoms with Gasteiger partial charge >= 0.3 is 6.03 Å². The minimum atomic E-state index is -0.330. The Morgan fingerprint density at radius 2 is 1.90 bits per heavy atom. The molecule has 3 rings (SSSR count). The number of nitrogens with one attached hydrogen (secondary N) is 3. The average Bonchev–Trinajstić information content (AvgIpc) is 3.14. The molecule has 0 spiro atoms. The van der Waals surface area contributed by atoms with E-state index in [1.165, 1.54) is 0 Å². The molecule has 0 bridgehead atoms. The number of aromatic amines is 1. The maximum absolute atomic E-state index is 12.8. The van der Waals surface area contributed by atoms with Gasteiger partial charge in [-0.1, -0.05) is 18.5 Å². The lowest BCUT2D eigenvalue weighted by Crippen LogP contribution is -2.30. The van der Waals surface area contributed by atoms with Crippen LogP contribution in [0.5, 0.6) is 0 Å². The van der Waals surface area contributed by atoms with Crippen molar-refractivity contribution in [3.05, 3.63) is 81.9 Å². The van der Waals surface area contributed by atoms with Gasteiger partial charge in [0.25, 0.3) is 0 Å². The van der Waals surface area contributed by atoms with Crippen LogP contribution in [0.2, 0.25) is 5.02 Å². The molecule has 6 nitrogen and oxygen atoms in total. The number of rotatable bonds is 7. The molecule has 1 aromatic carbocycles. The predicted octanol–water partition coefficient (Wildman–Crippen LogP) is 5.11. The lowest BCUT2D eigenvalue weighted by Gasteiger charge is -2.11. The van der Waals surface area contributed by atoms with Crippen LogP contribution in [0.15, 0.2) is 48.7 Å². The number of H-pyrrole nitrogens is 1. The van der Waals surface area contributed by atoms with Crippen molar-refractivity contribution in [1.29, 1.82) is 0 Å². The normalized spacial score (nSPS) is 11.7. The number of alkyl halides is 1. The molecule has 0 fully saturated rings. The third-order valence-electron chi connectivity index (χ3n) is 4.70. The first kappa shape index (κ1) is 21.9. The summed E-state index contributed by atoms with van der Waals surface area (Å²) in [6.45, 7) is 4.29. The maximum Gasteiger partial charge on any atom is 0.319 e. The first-order chi connectivity index (χ1) is 14.4. The van der Waals surface area contributed by atoms with Gasteiger partial charge in [-0.3, -0.25) is 9.78 Å². The van der Waals surface area contributed by atoms with E-state index in [0.717, 1.165) is 17.0 Å². The number of ketones is 1. The number of anilines is 1. The van der Waals surface area contributed by atoms with E-state index in [0.29, 0.717) is 34.4 Å². The molecule has 0 saturated heterocycles. The van der Waals surface area contributed by atoms with Gasteiger partial charge in [0, 0.05) is 40.3 Å². The summed E-state index contributed by atoms with van der Waals surface area (Å²) in [5.41, 5.74) is 4.27. The molecule has 1 atom stereocenters. The van der Waals surface area contributed by atoms with Crippen LogP contribution in [0.3, 0.4) is 0 Å². The Morgan fingerprint density at radius 3 is 2.53 bits per heavy atom. The summed E-state index contributed by atoms with van der Waals surface area (Å²) in [4.78, 5) is 32.2. The summed E-state index contributed by atoms with van der Waals surface area (Å²) in [5.74, 6) is 0.202. The Labute approximate surface area is 185 Å². The largest absolute Gasteiger partial charge is 0.355 e. The number of pyridine rings is 1. The second kappa shape index (κ2) is 9.78. The van der Waals surface area contributed by atoms with Crippen molar-refractivity contribution in [1.82, 2.24) is 15.3 Å². The van der Waals surface area contributed by atoms with Gasteiger partial charge in [-0.25, -0.2) is 4.79 Å². The van der Waals surface area contributed by atoms with Crippen molar-refractivity contribution in [3.63, 3.8) is 0 Å². The van der Waals surface area contributed by atoms with Gasteiger partial charge in [0.1, 0.15) is 0 Å². The Balaban J connectivity index is 1.73. The van der Waals surface area contributed by atoms with E-state index in [9.17, 15) is 9.59 Å². The van der Waals surface area contributed by atoms with Crippen molar-refractivity contribution >= 4 is 40.7 Å². The Bertz CT molecular complexity index is 1030. The SMILES string of the molecule is Cc1cc(C(C)c2ccc(NC(=O)NCCCl)cn2)[nH]c1C(=O)c1ccc(Cl)cc1. The molecule has 3 aromatic rings. The van der Waals surface area contributed by atoms with E-state index in [-0.39, 0.29) is 17.7 Å². The fourth-order valence-corrected chi connectivity index (χ4v) is 3.25. The molecule has 0 radical (unpaired) electrons. The fraction of sp³-hybridized carbons (Fsp3) is 0.227. The standard InChI is InChI=1S/C22H22Cl2N4O2/c1-13-11-19(28-20(13)21(29)15-3-5-16(24)6-4-15)14(2)18-8-7-17(12-26-18)27-22(30)25-10-9-23/h3-8,11-12,14,28H,9-10H2,1-2H3,(H2,25,27,30). The average molecular weight is 445 g/mol. The smallest absolute Gasteiger partial charge is 0.319 e. The fourth-order valence-electron chi connectivity index (χ4n) is 3.03. The molecule has 1 unspecified atom stereocenters. The minimum Gasteiger partial charge on any atom is -0.355 e. The third-order valence-corrected chi connectivity index (χ3v) is 5.14. The summed E-state index contributed by atoms with van der Waals surface area (Å²) < 4.78 is 0. The van der Waals surface area contributed by atoms with Crippen molar-refractivity contribution in [3.8, 4) is 0 Å². The highest BCUT2D eigenvalue weighted by molar-refractivity contribution is 6.30. The molecule has 8 heteroatoms. The second-order valence-electron chi connectivity index (χ2n) is 6.88. The summed E-state index contributed by atoms with van der Waals surface area (Å²) >= 11 is 11.5. The molecule has 3 N–H and O–H groups in total. The molecular formula is C22H22Cl2N4O2. The van der Waals surface area contributed by atoms with Crippen LogP contribution in [0.25, 0.3) is 0 Å². The summed E-state index contributed by atoms with van der Waals surface area (Å²) in [7, 11) is 0. The highest BCUT2D eigenvalue weighted by Gasteiger charge is 2.19. The number of carbonyl (C=O) groups excluding carboxylic acids is 2. The van der Waals surface area contributed by atoms with Crippen molar-refractivity contribution in [2.45, 2.75) is 19.8 Å². The first-order valence-corrected chi connectivity index (χ1v) is 10.4. The molecule has 2 aromatic heterocycles. The third kappa shape index (κ3) is 5.20. The molecule has 2 amide bonds. The number of hydrogen-bond acceptors (Lipinski definition) is 3. The molecule has 0 saturated carbocycles. The van der Waals surface area contributed by atoms with Crippen molar-refractivity contribution < 1.29 is 9.59 Å². The van der Waals surface area contributed by atoms with Crippen LogP contribution >= 0.6 is 23.2 Å². The molecule has 0 aliphatic heterocycles. The van der Waals surface area contributed by atoms with Gasteiger partial charge in [-0.2, -0.15) is 0 Å². The highest BCUT2D eigenvalue weighted by Crippen LogP contribution is 2.26. The Hall–Kier alpha value is -2.83. The van der Waals surface area contributed by atoms with Crippen LogP contribution < -0.4 is 10.6 Å². The van der Waals surface area contributed by atoms with Crippen LogP contribution in [0.1, 0.15) is 45.8 Å². The van der Waals surface area contributed by atoms with Gasteiger partial charge < -0.3 is 15.6 Å². The number of amides is 2. The molecule has 0 aliphatic rings. The van der Waals surface area contributed by atoms with E-state index < -0.39 is 0 Å². The number of halogens is 2. The highest BCUT2D eigenvalue weighted by atomic mass is 35.5. The van der Waals surface area contributed by atoms with Crippen LogP contribution in [0.4, 0.5) is 10.5 Å². The zero-order chi connectivity index (χ0) is 21.7. The second-order valence-corrected chi connectivity index (χ2v) is 7.70. The Morgan fingerprint density at radius 1 is 1.17 bits per heavy atom. The number of urea groups is 1. The molecule has 30 heavy (non-hydrogen) atoms. The maximum atomic E-state index is 12.8. The van der Waals surface area contributed by atoms with Crippen molar-refractivity contribution in [2.75, 3.05) is 17.7 Å². The topological polar surface area (TPSA) is 86.9 Å². The number of aromatic nitrogens is 2. The Kier molecular flexibility index (Phi) is 7.13. The lowest BCUT2D eigenvalue weighted by atomic mass is 10.0. The number of hydrogen-bond donors (Lipinski definition) is 3. The van der Waals surface area contributed by atoms with E-state index >= 15 is 0 Å². The van der Waals surface area contributed by atoms with Crippen LogP contribution in [-0.4, -0.2) is 34.2 Å². The van der Waals surface area contributed by atoms with Gasteiger partial charge in [-0.05, 0) is 55.0 Å². The van der Waals surface area contributed by atoms with E-state index in [1.807, 2.05) is 26.0 Å². The molecule has 2 heterocycles. The minimum absolute atomic E-state index is 0.0606. The van der Waals surface area contributed by atoms with Crippen LogP contribution in [-0.2, 0) is 0 Å². The van der Waals surface area contributed by atoms with E-state index in [4.69, 9.17) is 23.2 Å². The van der Waals surface area contributed by atoms with Gasteiger partial charge in [-0.15, -0.1) is 11.6 Å². The number of benzene rings is 1. The quantitative estimate of drug-likeness (QED) is 0.349. The molecule has 156 valence electrons. The predicted molar refractivity (Wildman–Crippen MR) is 120 cm³/mol. The number of carbonyl (C=O) groups is 2. The van der Waals surface area contributed by atoms with Gasteiger partial charge in [0.05, 0.1) is 17.6 Å².